The van der Waals surface area contributed by atoms with Gasteiger partial charge in [-0.2, -0.15) is 0 Å². The number of aryl methyl sites for hydroxylation is 2. The van der Waals surface area contributed by atoms with Gasteiger partial charge in [0.1, 0.15) is 17.1 Å². The Morgan fingerprint density at radius 1 is 0.900 bits per heavy atom. The first-order valence-corrected chi connectivity index (χ1v) is 6.20. The van der Waals surface area contributed by atoms with Gasteiger partial charge < -0.3 is 13.9 Å². The van der Waals surface area contributed by atoms with Crippen molar-refractivity contribution in [2.24, 2.45) is 14.1 Å². The van der Waals surface area contributed by atoms with Gasteiger partial charge in [-0.05, 0) is 0 Å². The Labute approximate surface area is 116 Å². The number of pyridine rings is 1. The third kappa shape index (κ3) is 2.05. The third-order valence-electron chi connectivity index (χ3n) is 3.14. The maximum Gasteiger partial charge on any atom is 0.158 e. The zero-order valence-corrected chi connectivity index (χ0v) is 11.6. The van der Waals surface area contributed by atoms with E-state index in [-0.39, 0.29) is 0 Å². The number of aromatic nitrogens is 5. The summed E-state index contributed by atoms with van der Waals surface area (Å²) in [6.07, 6.45) is 7.27. The highest BCUT2D eigenvalue weighted by atomic mass is 16.5. The fraction of sp³-hybridized carbons (Fsp3) is 0.214. The molecule has 0 N–H and O–H groups in total. The molecule has 20 heavy (non-hydrogen) atoms. The van der Waals surface area contributed by atoms with E-state index in [4.69, 9.17) is 4.74 Å². The highest BCUT2D eigenvalue weighted by Crippen LogP contribution is 2.26. The van der Waals surface area contributed by atoms with Crippen LogP contribution in [0.2, 0.25) is 0 Å². The van der Waals surface area contributed by atoms with E-state index in [1.54, 1.807) is 19.5 Å². The molecule has 3 rings (SSSR count). The van der Waals surface area contributed by atoms with Gasteiger partial charge in [-0.15, -0.1) is 0 Å². The first-order valence-electron chi connectivity index (χ1n) is 6.20. The maximum atomic E-state index is 5.36. The van der Waals surface area contributed by atoms with Crippen molar-refractivity contribution in [3.05, 3.63) is 36.9 Å². The predicted octanol–water partition coefficient (Wildman–Crippen LogP) is 1.89. The lowest BCUT2D eigenvalue weighted by Gasteiger charge is -2.08. The van der Waals surface area contributed by atoms with Gasteiger partial charge in [0.05, 0.1) is 7.11 Å². The van der Waals surface area contributed by atoms with Gasteiger partial charge in [0, 0.05) is 51.0 Å². The van der Waals surface area contributed by atoms with Crippen LogP contribution in [0.25, 0.3) is 23.0 Å². The molecule has 0 aliphatic heterocycles. The van der Waals surface area contributed by atoms with Crippen LogP contribution in [-0.4, -0.2) is 31.2 Å². The van der Waals surface area contributed by atoms with E-state index in [0.717, 1.165) is 28.8 Å². The Hall–Kier alpha value is -2.63. The Balaban J connectivity index is 2.18. The molecule has 6 nitrogen and oxygen atoms in total. The van der Waals surface area contributed by atoms with Gasteiger partial charge in [-0.1, -0.05) is 0 Å². The first kappa shape index (κ1) is 12.4. The minimum absolute atomic E-state index is 0.732. The summed E-state index contributed by atoms with van der Waals surface area (Å²) in [5.74, 6) is 2.31. The molecule has 102 valence electrons. The normalized spacial score (nSPS) is 10.8. The molecule has 3 aromatic heterocycles. The van der Waals surface area contributed by atoms with E-state index in [1.807, 2.05) is 47.8 Å². The zero-order valence-electron chi connectivity index (χ0n) is 11.6. The second-order valence-electron chi connectivity index (χ2n) is 4.50. The number of imidazole rings is 2. The molecular weight excluding hydrogens is 254 g/mol. The van der Waals surface area contributed by atoms with Crippen LogP contribution in [-0.2, 0) is 14.1 Å². The summed E-state index contributed by atoms with van der Waals surface area (Å²) >= 11 is 0. The highest BCUT2D eigenvalue weighted by Gasteiger charge is 2.12. The Bertz CT molecular complexity index is 685. The number of rotatable bonds is 3. The molecule has 0 amide bonds. The molecule has 3 heterocycles. The number of hydrogen-bond donors (Lipinski definition) is 0. The highest BCUT2D eigenvalue weighted by molar-refractivity contribution is 5.61. The van der Waals surface area contributed by atoms with Gasteiger partial charge in [0.15, 0.2) is 11.6 Å². The maximum absolute atomic E-state index is 5.36. The predicted molar refractivity (Wildman–Crippen MR) is 75.2 cm³/mol. The minimum Gasteiger partial charge on any atom is -0.497 e. The van der Waals surface area contributed by atoms with Gasteiger partial charge in [-0.3, -0.25) is 0 Å². The summed E-state index contributed by atoms with van der Waals surface area (Å²) in [5.41, 5.74) is 1.52. The van der Waals surface area contributed by atoms with E-state index in [0.29, 0.717) is 0 Å². The molecule has 0 aromatic carbocycles. The molecule has 0 saturated heterocycles. The SMILES string of the molecule is COc1cc(-c2nccn2C)nc(-c2nccn2C)c1. The average Bonchev–Trinajstić information content (AvgIpc) is 3.06. The average molecular weight is 269 g/mol. The van der Waals surface area contributed by atoms with E-state index in [2.05, 4.69) is 15.0 Å². The first-order chi connectivity index (χ1) is 9.69. The molecule has 0 fully saturated rings. The fourth-order valence-electron chi connectivity index (χ4n) is 2.08. The summed E-state index contributed by atoms with van der Waals surface area (Å²) in [5, 5.41) is 0. The number of methoxy groups -OCH3 is 1. The molecular formula is C14H15N5O. The van der Waals surface area contributed by atoms with Crippen molar-refractivity contribution in [3.63, 3.8) is 0 Å². The molecule has 3 aromatic rings. The van der Waals surface area contributed by atoms with Crippen LogP contribution in [0.5, 0.6) is 5.75 Å². The van der Waals surface area contributed by atoms with Crippen LogP contribution in [0.1, 0.15) is 0 Å². The molecule has 6 heteroatoms. The Morgan fingerprint density at radius 2 is 1.40 bits per heavy atom. The van der Waals surface area contributed by atoms with E-state index >= 15 is 0 Å². The van der Waals surface area contributed by atoms with Crippen LogP contribution in [0.15, 0.2) is 36.9 Å². The number of ether oxygens (including phenoxy) is 1. The number of hydrogen-bond acceptors (Lipinski definition) is 4. The molecule has 0 saturated carbocycles. The van der Waals surface area contributed by atoms with Crippen molar-refractivity contribution in [2.45, 2.75) is 0 Å². The molecule has 0 radical (unpaired) electrons. The molecule has 0 bridgehead atoms. The van der Waals surface area contributed by atoms with Crippen molar-refractivity contribution < 1.29 is 4.74 Å². The number of nitrogens with zero attached hydrogens (tertiary/aromatic N) is 5. The van der Waals surface area contributed by atoms with Crippen LogP contribution >= 0.6 is 0 Å². The van der Waals surface area contributed by atoms with Gasteiger partial charge >= 0.3 is 0 Å². The zero-order chi connectivity index (χ0) is 14.1. The van der Waals surface area contributed by atoms with Crippen LogP contribution in [0.3, 0.4) is 0 Å². The van der Waals surface area contributed by atoms with Crippen molar-refractivity contribution >= 4 is 0 Å². The molecule has 0 spiro atoms. The summed E-state index contributed by atoms with van der Waals surface area (Å²) in [4.78, 5) is 13.3. The standard InChI is InChI=1S/C14H15N5O/c1-18-6-4-15-13(18)11-8-10(20-3)9-12(17-11)14-16-5-7-19(14)2/h4-9H,1-3H3. The van der Waals surface area contributed by atoms with Gasteiger partial charge in [0.25, 0.3) is 0 Å². The van der Waals surface area contributed by atoms with Crippen LogP contribution in [0.4, 0.5) is 0 Å². The van der Waals surface area contributed by atoms with Crippen molar-refractivity contribution in [1.82, 2.24) is 24.1 Å². The quantitative estimate of drug-likeness (QED) is 0.728. The van der Waals surface area contributed by atoms with Crippen LogP contribution < -0.4 is 4.74 Å². The van der Waals surface area contributed by atoms with E-state index in [9.17, 15) is 0 Å². The Kier molecular flexibility index (Phi) is 2.98. The minimum atomic E-state index is 0.732. The smallest absolute Gasteiger partial charge is 0.158 e. The van der Waals surface area contributed by atoms with Crippen LogP contribution in [0, 0.1) is 0 Å². The van der Waals surface area contributed by atoms with Gasteiger partial charge in [0.2, 0.25) is 0 Å². The van der Waals surface area contributed by atoms with Crippen molar-refractivity contribution in [1.29, 1.82) is 0 Å². The second-order valence-corrected chi connectivity index (χ2v) is 4.50. The third-order valence-corrected chi connectivity index (χ3v) is 3.14. The summed E-state index contributed by atoms with van der Waals surface area (Å²) in [7, 11) is 5.51. The van der Waals surface area contributed by atoms with Gasteiger partial charge in [-0.25, -0.2) is 15.0 Å². The lowest BCUT2D eigenvalue weighted by molar-refractivity contribution is 0.414. The largest absolute Gasteiger partial charge is 0.497 e. The topological polar surface area (TPSA) is 57.8 Å². The van der Waals surface area contributed by atoms with Crippen molar-refractivity contribution in [3.8, 4) is 28.8 Å². The Morgan fingerprint density at radius 3 is 1.75 bits per heavy atom. The monoisotopic (exact) mass is 269 g/mol. The summed E-state index contributed by atoms with van der Waals surface area (Å²) in [6, 6.07) is 3.74. The van der Waals surface area contributed by atoms with Crippen molar-refractivity contribution in [2.75, 3.05) is 7.11 Å². The fourth-order valence-corrected chi connectivity index (χ4v) is 2.08. The summed E-state index contributed by atoms with van der Waals surface area (Å²) in [6.45, 7) is 0. The molecule has 0 aliphatic carbocycles. The van der Waals surface area contributed by atoms with E-state index < -0.39 is 0 Å². The molecule has 0 atom stereocenters. The lowest BCUT2D eigenvalue weighted by atomic mass is 10.2. The lowest BCUT2D eigenvalue weighted by Crippen LogP contribution is -1.99. The van der Waals surface area contributed by atoms with E-state index in [1.165, 1.54) is 0 Å². The summed E-state index contributed by atoms with van der Waals surface area (Å²) < 4.78 is 9.20. The second kappa shape index (κ2) is 4.80. The molecule has 0 unspecified atom stereocenters. The molecule has 0 aliphatic rings.